The predicted octanol–water partition coefficient (Wildman–Crippen LogP) is 1.04. The summed E-state index contributed by atoms with van der Waals surface area (Å²) in [6.45, 7) is 4.15. The lowest BCUT2D eigenvalue weighted by molar-refractivity contribution is -0.178. The second kappa shape index (κ2) is 5.00. The molecule has 1 N–H and O–H groups in total. The van der Waals surface area contributed by atoms with Gasteiger partial charge in [0, 0.05) is 37.9 Å². The molecule has 1 aliphatic rings. The fourth-order valence-corrected chi connectivity index (χ4v) is 1.75. The average Bonchev–Trinajstić information content (AvgIpc) is 2.31. The van der Waals surface area contributed by atoms with Crippen LogP contribution < -0.4 is 15.1 Å². The Bertz CT molecular complexity index is 311. The van der Waals surface area contributed by atoms with E-state index in [2.05, 4.69) is 21.2 Å². The Morgan fingerprint density at radius 2 is 2.07 bits per heavy atom. The normalized spacial score (nSPS) is 16.5. The minimum Gasteiger partial charge on any atom is -0.369 e. The summed E-state index contributed by atoms with van der Waals surface area (Å²) in [6, 6.07) is 7.95. The van der Waals surface area contributed by atoms with E-state index in [4.69, 9.17) is 4.89 Å². The maximum Gasteiger partial charge on any atom is 0.167 e. The third-order valence-electron chi connectivity index (χ3n) is 2.48. The molecular weight excluding hydrogens is 192 g/mol. The van der Waals surface area contributed by atoms with Crippen molar-refractivity contribution in [3.63, 3.8) is 0 Å². The van der Waals surface area contributed by atoms with Crippen molar-refractivity contribution in [3.8, 4) is 5.75 Å². The minimum atomic E-state index is 0.744. The average molecular weight is 208 g/mol. The molecule has 82 valence electrons. The Kier molecular flexibility index (Phi) is 3.42. The zero-order chi connectivity index (χ0) is 10.5. The number of benzene rings is 1. The zero-order valence-corrected chi connectivity index (χ0v) is 8.90. The van der Waals surface area contributed by atoms with Crippen molar-refractivity contribution >= 4 is 5.69 Å². The molecule has 1 aromatic rings. The van der Waals surface area contributed by atoms with Crippen LogP contribution in [0.25, 0.3) is 0 Å². The molecule has 1 aromatic carbocycles. The summed E-state index contributed by atoms with van der Waals surface area (Å²) >= 11 is 0. The zero-order valence-electron chi connectivity index (χ0n) is 8.90. The Balaban J connectivity index is 2.09. The van der Waals surface area contributed by atoms with E-state index in [1.165, 1.54) is 12.8 Å². The standard InChI is InChI=1S/C11H16N2O2/c1-14-15-11-4-2-3-10(9-11)13-7-5-12-6-8-13/h2-4,9,12H,5-8H2,1H3. The molecule has 4 heteroatoms. The molecule has 0 bridgehead atoms. The van der Waals surface area contributed by atoms with Crippen LogP contribution in [0.2, 0.25) is 0 Å². The van der Waals surface area contributed by atoms with Gasteiger partial charge in [0.25, 0.3) is 0 Å². The largest absolute Gasteiger partial charge is 0.369 e. The summed E-state index contributed by atoms with van der Waals surface area (Å²) < 4.78 is 0. The van der Waals surface area contributed by atoms with E-state index in [1.807, 2.05) is 18.2 Å². The van der Waals surface area contributed by atoms with Gasteiger partial charge in [-0.25, -0.2) is 0 Å². The van der Waals surface area contributed by atoms with Crippen molar-refractivity contribution in [2.24, 2.45) is 0 Å². The molecule has 1 aliphatic heterocycles. The van der Waals surface area contributed by atoms with E-state index in [0.717, 1.165) is 31.9 Å². The number of nitrogens with zero attached hydrogens (tertiary/aromatic N) is 1. The topological polar surface area (TPSA) is 33.7 Å². The van der Waals surface area contributed by atoms with E-state index in [0.29, 0.717) is 0 Å². The molecular formula is C11H16N2O2. The molecule has 1 heterocycles. The van der Waals surface area contributed by atoms with Crippen LogP contribution in [0.15, 0.2) is 24.3 Å². The Hall–Kier alpha value is -1.26. The second-order valence-corrected chi connectivity index (χ2v) is 3.48. The maximum atomic E-state index is 5.00. The molecule has 0 aliphatic carbocycles. The van der Waals surface area contributed by atoms with Gasteiger partial charge in [-0.15, -0.1) is 0 Å². The highest BCUT2D eigenvalue weighted by atomic mass is 17.2. The molecule has 0 saturated carbocycles. The smallest absolute Gasteiger partial charge is 0.167 e. The van der Waals surface area contributed by atoms with E-state index in [1.54, 1.807) is 0 Å². The van der Waals surface area contributed by atoms with E-state index < -0.39 is 0 Å². The molecule has 15 heavy (non-hydrogen) atoms. The Labute approximate surface area is 89.7 Å². The summed E-state index contributed by atoms with van der Waals surface area (Å²) in [5, 5.41) is 3.33. The first-order valence-corrected chi connectivity index (χ1v) is 5.16. The van der Waals surface area contributed by atoms with Crippen LogP contribution in [0.3, 0.4) is 0 Å². The second-order valence-electron chi connectivity index (χ2n) is 3.48. The number of hydrogen-bond acceptors (Lipinski definition) is 4. The molecule has 1 fully saturated rings. The van der Waals surface area contributed by atoms with Crippen molar-refractivity contribution < 1.29 is 9.78 Å². The fraction of sp³-hybridized carbons (Fsp3) is 0.455. The van der Waals surface area contributed by atoms with E-state index >= 15 is 0 Å². The third kappa shape index (κ3) is 2.61. The number of hydrogen-bond donors (Lipinski definition) is 1. The van der Waals surface area contributed by atoms with Crippen LogP contribution in [-0.4, -0.2) is 33.3 Å². The van der Waals surface area contributed by atoms with Crippen LogP contribution in [0.5, 0.6) is 5.75 Å². The molecule has 0 radical (unpaired) electrons. The first-order chi connectivity index (χ1) is 7.40. The van der Waals surface area contributed by atoms with Crippen molar-refractivity contribution in [2.75, 3.05) is 38.2 Å². The van der Waals surface area contributed by atoms with Crippen LogP contribution in [0.1, 0.15) is 0 Å². The summed E-state index contributed by atoms with van der Waals surface area (Å²) in [7, 11) is 1.51. The van der Waals surface area contributed by atoms with Gasteiger partial charge in [-0.2, -0.15) is 4.89 Å². The first kappa shape index (κ1) is 10.3. The Morgan fingerprint density at radius 1 is 1.27 bits per heavy atom. The van der Waals surface area contributed by atoms with E-state index in [9.17, 15) is 0 Å². The van der Waals surface area contributed by atoms with Gasteiger partial charge < -0.3 is 15.1 Å². The van der Waals surface area contributed by atoms with Gasteiger partial charge >= 0.3 is 0 Å². The lowest BCUT2D eigenvalue weighted by atomic mass is 10.2. The minimum absolute atomic E-state index is 0.744. The van der Waals surface area contributed by atoms with Gasteiger partial charge in [0.2, 0.25) is 0 Å². The van der Waals surface area contributed by atoms with Gasteiger partial charge in [-0.05, 0) is 12.1 Å². The van der Waals surface area contributed by atoms with Gasteiger partial charge in [0.1, 0.15) is 0 Å². The maximum absolute atomic E-state index is 5.00. The Morgan fingerprint density at radius 3 is 2.80 bits per heavy atom. The summed E-state index contributed by atoms with van der Waals surface area (Å²) in [5.74, 6) is 0.744. The fourth-order valence-electron chi connectivity index (χ4n) is 1.75. The number of nitrogens with one attached hydrogen (secondary N) is 1. The van der Waals surface area contributed by atoms with Crippen LogP contribution in [0.4, 0.5) is 5.69 Å². The van der Waals surface area contributed by atoms with Crippen molar-refractivity contribution in [2.45, 2.75) is 0 Å². The SMILES string of the molecule is COOc1cccc(N2CCNCC2)c1. The van der Waals surface area contributed by atoms with Crippen LogP contribution in [0, 0.1) is 0 Å². The summed E-state index contributed by atoms with van der Waals surface area (Å²) in [5.41, 5.74) is 1.19. The highest BCUT2D eigenvalue weighted by molar-refractivity contribution is 5.50. The quantitative estimate of drug-likeness (QED) is 0.594. The van der Waals surface area contributed by atoms with Crippen LogP contribution in [-0.2, 0) is 4.89 Å². The van der Waals surface area contributed by atoms with E-state index in [-0.39, 0.29) is 0 Å². The molecule has 0 atom stereocenters. The predicted molar refractivity (Wildman–Crippen MR) is 59.2 cm³/mol. The van der Waals surface area contributed by atoms with Crippen molar-refractivity contribution in [1.82, 2.24) is 5.32 Å². The number of anilines is 1. The van der Waals surface area contributed by atoms with Gasteiger partial charge in [-0.1, -0.05) is 6.07 Å². The lowest BCUT2D eigenvalue weighted by Gasteiger charge is -2.29. The summed E-state index contributed by atoms with van der Waals surface area (Å²) in [4.78, 5) is 12.0. The lowest BCUT2D eigenvalue weighted by Crippen LogP contribution is -2.43. The molecule has 0 spiro atoms. The van der Waals surface area contributed by atoms with Crippen LogP contribution >= 0.6 is 0 Å². The molecule has 0 aromatic heterocycles. The van der Waals surface area contributed by atoms with Crippen molar-refractivity contribution in [3.05, 3.63) is 24.3 Å². The number of rotatable bonds is 3. The number of piperazine rings is 1. The monoisotopic (exact) mass is 208 g/mol. The summed E-state index contributed by atoms with van der Waals surface area (Å²) in [6.07, 6.45) is 0. The van der Waals surface area contributed by atoms with Gasteiger partial charge in [-0.3, -0.25) is 0 Å². The molecule has 2 rings (SSSR count). The molecule has 1 saturated heterocycles. The van der Waals surface area contributed by atoms with Gasteiger partial charge in [0.05, 0.1) is 7.11 Å². The highest BCUT2D eigenvalue weighted by Crippen LogP contribution is 2.21. The first-order valence-electron chi connectivity index (χ1n) is 5.16. The highest BCUT2D eigenvalue weighted by Gasteiger charge is 2.10. The molecule has 0 amide bonds. The molecule has 4 nitrogen and oxygen atoms in total. The van der Waals surface area contributed by atoms with Crippen molar-refractivity contribution in [1.29, 1.82) is 0 Å². The molecule has 0 unspecified atom stereocenters. The third-order valence-corrected chi connectivity index (χ3v) is 2.48. The van der Waals surface area contributed by atoms with Gasteiger partial charge in [0.15, 0.2) is 5.75 Å².